The first-order valence-corrected chi connectivity index (χ1v) is 8.73. The molecular formula is C17H22Cl2N2. The summed E-state index contributed by atoms with van der Waals surface area (Å²) in [6.07, 6.45) is 6.33. The van der Waals surface area contributed by atoms with Crippen LogP contribution in [0.3, 0.4) is 0 Å². The SMILES string of the molecule is CCC1CCC(n2c(C(C)Cl)nc3c(Cl)cccc32)CC1. The molecule has 4 heteroatoms. The Morgan fingerprint density at radius 3 is 2.62 bits per heavy atom. The van der Waals surface area contributed by atoms with Crippen molar-refractivity contribution in [3.8, 4) is 0 Å². The molecule has 114 valence electrons. The summed E-state index contributed by atoms with van der Waals surface area (Å²) in [6, 6.07) is 6.52. The molecule has 0 radical (unpaired) electrons. The van der Waals surface area contributed by atoms with Gasteiger partial charge in [0.1, 0.15) is 11.3 Å². The van der Waals surface area contributed by atoms with Gasteiger partial charge >= 0.3 is 0 Å². The highest BCUT2D eigenvalue weighted by atomic mass is 35.5. The number of hydrogen-bond donors (Lipinski definition) is 0. The lowest BCUT2D eigenvalue weighted by Crippen LogP contribution is -2.19. The van der Waals surface area contributed by atoms with Crippen molar-refractivity contribution in [2.24, 2.45) is 5.92 Å². The maximum Gasteiger partial charge on any atom is 0.128 e. The highest BCUT2D eigenvalue weighted by Crippen LogP contribution is 2.39. The second-order valence-electron chi connectivity index (χ2n) is 6.15. The quantitative estimate of drug-likeness (QED) is 0.621. The number of rotatable bonds is 3. The van der Waals surface area contributed by atoms with Crippen LogP contribution in [0, 0.1) is 5.92 Å². The number of para-hydroxylation sites is 1. The normalized spacial score (nSPS) is 24.4. The van der Waals surface area contributed by atoms with E-state index in [1.807, 2.05) is 19.1 Å². The summed E-state index contributed by atoms with van der Waals surface area (Å²) < 4.78 is 2.35. The van der Waals surface area contributed by atoms with E-state index in [4.69, 9.17) is 28.2 Å². The lowest BCUT2D eigenvalue weighted by molar-refractivity contribution is 0.269. The summed E-state index contributed by atoms with van der Waals surface area (Å²) in [5.41, 5.74) is 2.02. The van der Waals surface area contributed by atoms with Gasteiger partial charge in [0.2, 0.25) is 0 Å². The molecule has 0 amide bonds. The number of alkyl halides is 1. The molecule has 1 heterocycles. The van der Waals surface area contributed by atoms with Crippen LogP contribution >= 0.6 is 23.2 Å². The van der Waals surface area contributed by atoms with E-state index in [0.29, 0.717) is 11.1 Å². The minimum Gasteiger partial charge on any atom is -0.324 e. The van der Waals surface area contributed by atoms with Gasteiger partial charge in [-0.05, 0) is 50.7 Å². The molecule has 1 saturated carbocycles. The summed E-state index contributed by atoms with van der Waals surface area (Å²) >= 11 is 12.7. The molecule has 1 unspecified atom stereocenters. The molecule has 1 aromatic carbocycles. The van der Waals surface area contributed by atoms with Gasteiger partial charge in [0.25, 0.3) is 0 Å². The molecular weight excluding hydrogens is 303 g/mol. The van der Waals surface area contributed by atoms with Crippen molar-refractivity contribution in [1.82, 2.24) is 9.55 Å². The summed E-state index contributed by atoms with van der Waals surface area (Å²) in [5.74, 6) is 1.84. The van der Waals surface area contributed by atoms with Crippen molar-refractivity contribution in [2.45, 2.75) is 57.4 Å². The Morgan fingerprint density at radius 1 is 1.29 bits per heavy atom. The van der Waals surface area contributed by atoms with E-state index < -0.39 is 0 Å². The molecule has 1 aromatic heterocycles. The number of nitrogens with zero attached hydrogens (tertiary/aromatic N) is 2. The fourth-order valence-electron chi connectivity index (χ4n) is 3.58. The average Bonchev–Trinajstić information content (AvgIpc) is 2.88. The molecule has 2 aromatic rings. The fraction of sp³-hybridized carbons (Fsp3) is 0.588. The third-order valence-corrected chi connectivity index (χ3v) is 5.31. The zero-order valence-electron chi connectivity index (χ0n) is 12.6. The molecule has 2 nitrogen and oxygen atoms in total. The zero-order valence-corrected chi connectivity index (χ0v) is 14.2. The summed E-state index contributed by atoms with van der Waals surface area (Å²) in [5, 5.41) is 0.615. The molecule has 1 aliphatic carbocycles. The van der Waals surface area contributed by atoms with Crippen LogP contribution in [0.5, 0.6) is 0 Å². The van der Waals surface area contributed by atoms with Crippen molar-refractivity contribution in [2.75, 3.05) is 0 Å². The van der Waals surface area contributed by atoms with E-state index in [-0.39, 0.29) is 5.38 Å². The van der Waals surface area contributed by atoms with Gasteiger partial charge in [0.15, 0.2) is 0 Å². The third-order valence-electron chi connectivity index (χ3n) is 4.81. The van der Waals surface area contributed by atoms with Crippen LogP contribution in [0.15, 0.2) is 18.2 Å². The third kappa shape index (κ3) is 2.80. The Bertz CT molecular complexity index is 625. The van der Waals surface area contributed by atoms with Crippen LogP contribution in [0.25, 0.3) is 11.0 Å². The topological polar surface area (TPSA) is 17.8 Å². The Hall–Kier alpha value is -0.730. The lowest BCUT2D eigenvalue weighted by Gasteiger charge is -2.30. The van der Waals surface area contributed by atoms with E-state index in [1.165, 1.54) is 32.1 Å². The van der Waals surface area contributed by atoms with Crippen molar-refractivity contribution in [3.05, 3.63) is 29.0 Å². The van der Waals surface area contributed by atoms with E-state index >= 15 is 0 Å². The molecule has 0 spiro atoms. The Balaban J connectivity index is 2.04. The Morgan fingerprint density at radius 2 is 2.00 bits per heavy atom. The predicted molar refractivity (Wildman–Crippen MR) is 90.3 cm³/mol. The number of fused-ring (bicyclic) bond motifs is 1. The molecule has 0 saturated heterocycles. The first kappa shape index (κ1) is 15.2. The standard InChI is InChI=1S/C17H22Cl2N2/c1-3-12-7-9-13(10-8-12)21-15-6-4-5-14(19)16(15)20-17(21)11(2)18/h4-6,11-13H,3,7-10H2,1-2H3. The van der Waals surface area contributed by atoms with E-state index in [1.54, 1.807) is 0 Å². The van der Waals surface area contributed by atoms with Crippen molar-refractivity contribution in [1.29, 1.82) is 0 Å². The van der Waals surface area contributed by atoms with E-state index in [2.05, 4.69) is 17.6 Å². The first-order chi connectivity index (χ1) is 10.1. The smallest absolute Gasteiger partial charge is 0.128 e. The van der Waals surface area contributed by atoms with Gasteiger partial charge < -0.3 is 4.57 Å². The first-order valence-electron chi connectivity index (χ1n) is 7.92. The predicted octanol–water partition coefficient (Wildman–Crippen LogP) is 6.13. The van der Waals surface area contributed by atoms with Crippen molar-refractivity contribution in [3.63, 3.8) is 0 Å². The average molecular weight is 325 g/mol. The highest BCUT2D eigenvalue weighted by Gasteiger charge is 2.26. The molecule has 0 N–H and O–H groups in total. The Kier molecular flexibility index (Phi) is 4.46. The molecule has 3 rings (SSSR count). The monoisotopic (exact) mass is 324 g/mol. The minimum atomic E-state index is -0.0997. The van der Waals surface area contributed by atoms with E-state index in [9.17, 15) is 0 Å². The number of aromatic nitrogens is 2. The van der Waals surface area contributed by atoms with Gasteiger partial charge in [-0.2, -0.15) is 0 Å². The van der Waals surface area contributed by atoms with Crippen molar-refractivity contribution >= 4 is 34.2 Å². The van der Waals surface area contributed by atoms with E-state index in [0.717, 1.165) is 22.8 Å². The van der Waals surface area contributed by atoms with Gasteiger partial charge in [-0.1, -0.05) is 31.0 Å². The fourth-order valence-corrected chi connectivity index (χ4v) is 3.94. The Labute approximate surface area is 136 Å². The minimum absolute atomic E-state index is 0.0997. The molecule has 1 aliphatic rings. The summed E-state index contributed by atoms with van der Waals surface area (Å²) in [4.78, 5) is 4.73. The number of imidazole rings is 1. The molecule has 1 fully saturated rings. The molecule has 0 aliphatic heterocycles. The second kappa shape index (κ2) is 6.18. The van der Waals surface area contributed by atoms with Crippen LogP contribution < -0.4 is 0 Å². The van der Waals surface area contributed by atoms with Gasteiger partial charge in [0.05, 0.1) is 15.9 Å². The molecule has 21 heavy (non-hydrogen) atoms. The van der Waals surface area contributed by atoms with Gasteiger partial charge in [-0.25, -0.2) is 4.98 Å². The number of hydrogen-bond acceptors (Lipinski definition) is 1. The summed E-state index contributed by atoms with van der Waals surface area (Å²) in [7, 11) is 0. The van der Waals surface area contributed by atoms with Crippen LogP contribution in [0.2, 0.25) is 5.02 Å². The number of benzene rings is 1. The second-order valence-corrected chi connectivity index (χ2v) is 7.21. The zero-order chi connectivity index (χ0) is 15.0. The number of halogens is 2. The van der Waals surface area contributed by atoms with Gasteiger partial charge in [0, 0.05) is 6.04 Å². The van der Waals surface area contributed by atoms with Crippen LogP contribution in [0.1, 0.15) is 63.2 Å². The summed E-state index contributed by atoms with van der Waals surface area (Å²) in [6.45, 7) is 4.29. The largest absolute Gasteiger partial charge is 0.324 e. The van der Waals surface area contributed by atoms with Crippen LogP contribution in [-0.4, -0.2) is 9.55 Å². The van der Waals surface area contributed by atoms with Crippen LogP contribution in [-0.2, 0) is 0 Å². The highest BCUT2D eigenvalue weighted by molar-refractivity contribution is 6.35. The molecule has 0 bridgehead atoms. The van der Waals surface area contributed by atoms with Crippen molar-refractivity contribution < 1.29 is 0 Å². The maximum atomic E-state index is 6.38. The maximum absolute atomic E-state index is 6.38. The van der Waals surface area contributed by atoms with Crippen LogP contribution in [0.4, 0.5) is 0 Å². The van der Waals surface area contributed by atoms with Gasteiger partial charge in [-0.3, -0.25) is 0 Å². The molecule has 1 atom stereocenters. The lowest BCUT2D eigenvalue weighted by atomic mass is 9.84. The van der Waals surface area contributed by atoms with Gasteiger partial charge in [-0.15, -0.1) is 11.6 Å².